The molecule has 0 aliphatic carbocycles. The molecule has 1 N–H and O–H groups in total. The van der Waals surface area contributed by atoms with Gasteiger partial charge in [-0.15, -0.1) is 11.3 Å². The fourth-order valence-electron chi connectivity index (χ4n) is 3.10. The average molecular weight is 473 g/mol. The van der Waals surface area contributed by atoms with Crippen molar-refractivity contribution in [2.45, 2.75) is 17.6 Å². The molecule has 1 heterocycles. The van der Waals surface area contributed by atoms with Crippen molar-refractivity contribution in [2.75, 3.05) is 11.0 Å². The molecule has 0 saturated heterocycles. The lowest BCUT2D eigenvalue weighted by Crippen LogP contribution is -2.15. The van der Waals surface area contributed by atoms with Crippen LogP contribution in [0.5, 0.6) is 0 Å². The lowest BCUT2D eigenvalue weighted by Gasteiger charge is -2.09. The highest BCUT2D eigenvalue weighted by Gasteiger charge is 2.14. The smallest absolute Gasteiger partial charge is 0.236 e. The minimum absolute atomic E-state index is 0.155. The van der Waals surface area contributed by atoms with Gasteiger partial charge in [-0.3, -0.25) is 4.72 Å². The summed E-state index contributed by atoms with van der Waals surface area (Å²) in [6.45, 7) is 2.04. The van der Waals surface area contributed by atoms with E-state index in [4.69, 9.17) is 0 Å². The van der Waals surface area contributed by atoms with E-state index >= 15 is 0 Å². The van der Waals surface area contributed by atoms with Crippen LogP contribution in [0.15, 0.2) is 71.6 Å². The molecule has 9 heteroatoms. The second-order valence-corrected chi connectivity index (χ2v) is 12.1. The van der Waals surface area contributed by atoms with Gasteiger partial charge in [-0.25, -0.2) is 21.8 Å². The molecule has 0 aliphatic heterocycles. The Bertz CT molecular complexity index is 1460. The first kappa shape index (κ1) is 21.5. The van der Waals surface area contributed by atoms with Crippen LogP contribution in [0, 0.1) is 6.92 Å². The fraction of sp³-hybridized carbons (Fsp3) is 0.136. The third kappa shape index (κ3) is 5.12. The van der Waals surface area contributed by atoms with Crippen molar-refractivity contribution in [2.24, 2.45) is 0 Å². The molecule has 0 saturated carbocycles. The van der Waals surface area contributed by atoms with E-state index in [9.17, 15) is 16.8 Å². The molecule has 0 amide bonds. The first-order chi connectivity index (χ1) is 14.6. The van der Waals surface area contributed by atoms with Crippen molar-refractivity contribution >= 4 is 47.1 Å². The number of nitrogens with one attached hydrogen (secondary N) is 1. The molecule has 0 radical (unpaired) electrons. The van der Waals surface area contributed by atoms with E-state index in [1.807, 2.05) is 31.2 Å². The van der Waals surface area contributed by atoms with Gasteiger partial charge < -0.3 is 0 Å². The Labute approximate surface area is 185 Å². The van der Waals surface area contributed by atoms with Crippen molar-refractivity contribution in [1.29, 1.82) is 0 Å². The van der Waals surface area contributed by atoms with Crippen LogP contribution in [-0.2, 0) is 25.6 Å². The van der Waals surface area contributed by atoms with Crippen LogP contribution in [0.4, 0.5) is 5.69 Å². The predicted molar refractivity (Wildman–Crippen MR) is 126 cm³/mol. The van der Waals surface area contributed by atoms with Crippen LogP contribution in [0.1, 0.15) is 11.1 Å². The molecular weight excluding hydrogens is 452 g/mol. The Morgan fingerprint density at radius 1 is 0.903 bits per heavy atom. The minimum atomic E-state index is -3.65. The van der Waals surface area contributed by atoms with Gasteiger partial charge in [0.2, 0.25) is 10.0 Å². The molecule has 0 aliphatic rings. The molecule has 6 nitrogen and oxygen atoms in total. The van der Waals surface area contributed by atoms with E-state index in [1.165, 1.54) is 29.8 Å². The fourth-order valence-corrected chi connectivity index (χ4v) is 6.00. The highest BCUT2D eigenvalue weighted by Crippen LogP contribution is 2.31. The van der Waals surface area contributed by atoms with Gasteiger partial charge in [0, 0.05) is 17.5 Å². The summed E-state index contributed by atoms with van der Waals surface area (Å²) in [7, 11) is -6.97. The number of hydrogen-bond donors (Lipinski definition) is 1. The van der Waals surface area contributed by atoms with Gasteiger partial charge in [0.05, 0.1) is 20.9 Å². The standard InChI is InChI=1S/C22H20N2O4S3/c1-15-3-12-20-21(13-15)29-22(23-20)17-6-8-18(9-7-17)24-31(27,28)14-16-4-10-19(11-5-16)30(2,25)26/h3-13,24H,14H2,1-2H3. The largest absolute Gasteiger partial charge is 0.283 e. The summed E-state index contributed by atoms with van der Waals surface area (Å²) in [6, 6.07) is 19.0. The Morgan fingerprint density at radius 3 is 2.23 bits per heavy atom. The summed E-state index contributed by atoms with van der Waals surface area (Å²) in [5.74, 6) is -0.254. The number of rotatable bonds is 6. The third-order valence-electron chi connectivity index (χ3n) is 4.66. The first-order valence-electron chi connectivity index (χ1n) is 9.36. The summed E-state index contributed by atoms with van der Waals surface area (Å²) in [6.07, 6.45) is 1.11. The molecule has 0 atom stereocenters. The molecule has 0 fully saturated rings. The predicted octanol–water partition coefficient (Wildman–Crippen LogP) is 4.62. The van der Waals surface area contributed by atoms with E-state index in [-0.39, 0.29) is 10.6 Å². The van der Waals surface area contributed by atoms with Crippen molar-refractivity contribution in [3.05, 3.63) is 77.9 Å². The maximum atomic E-state index is 12.5. The molecular formula is C22H20N2O4S3. The molecule has 1 aromatic heterocycles. The van der Waals surface area contributed by atoms with Crippen LogP contribution in [-0.4, -0.2) is 28.1 Å². The number of hydrogen-bond acceptors (Lipinski definition) is 6. The molecule has 4 rings (SSSR count). The zero-order valence-electron chi connectivity index (χ0n) is 16.9. The van der Waals surface area contributed by atoms with Crippen LogP contribution >= 0.6 is 11.3 Å². The number of thiazole rings is 1. The van der Waals surface area contributed by atoms with Gasteiger partial charge in [0.25, 0.3) is 0 Å². The second kappa shape index (κ2) is 8.07. The maximum Gasteiger partial charge on any atom is 0.236 e. The van der Waals surface area contributed by atoms with Crippen LogP contribution in [0.25, 0.3) is 20.8 Å². The van der Waals surface area contributed by atoms with Crippen LogP contribution < -0.4 is 4.72 Å². The number of sulfone groups is 1. The van der Waals surface area contributed by atoms with Gasteiger partial charge in [0.1, 0.15) is 5.01 Å². The number of fused-ring (bicyclic) bond motifs is 1. The number of aromatic nitrogens is 1. The van der Waals surface area contributed by atoms with Crippen molar-refractivity contribution in [3.63, 3.8) is 0 Å². The monoisotopic (exact) mass is 472 g/mol. The Morgan fingerprint density at radius 2 is 1.58 bits per heavy atom. The van der Waals surface area contributed by atoms with Gasteiger partial charge in [-0.05, 0) is 66.6 Å². The van der Waals surface area contributed by atoms with E-state index < -0.39 is 19.9 Å². The van der Waals surface area contributed by atoms with Gasteiger partial charge in [-0.2, -0.15) is 0 Å². The highest BCUT2D eigenvalue weighted by atomic mass is 32.2. The maximum absolute atomic E-state index is 12.5. The highest BCUT2D eigenvalue weighted by molar-refractivity contribution is 7.92. The average Bonchev–Trinajstić information content (AvgIpc) is 3.10. The molecule has 4 aromatic rings. The molecule has 160 valence electrons. The summed E-state index contributed by atoms with van der Waals surface area (Å²) < 4.78 is 51.8. The van der Waals surface area contributed by atoms with Crippen molar-refractivity contribution in [1.82, 2.24) is 4.98 Å². The normalized spacial score (nSPS) is 12.2. The van der Waals surface area contributed by atoms with Crippen molar-refractivity contribution in [3.8, 4) is 10.6 Å². The minimum Gasteiger partial charge on any atom is -0.283 e. The van der Waals surface area contributed by atoms with E-state index in [1.54, 1.807) is 23.5 Å². The molecule has 0 bridgehead atoms. The van der Waals surface area contributed by atoms with Gasteiger partial charge in [-0.1, -0.05) is 18.2 Å². The Kier molecular flexibility index (Phi) is 5.59. The first-order valence-corrected chi connectivity index (χ1v) is 13.7. The van der Waals surface area contributed by atoms with Crippen LogP contribution in [0.3, 0.4) is 0 Å². The zero-order valence-corrected chi connectivity index (χ0v) is 19.3. The topological polar surface area (TPSA) is 93.2 Å². The quantitative estimate of drug-likeness (QED) is 0.442. The van der Waals surface area contributed by atoms with Crippen molar-refractivity contribution < 1.29 is 16.8 Å². The van der Waals surface area contributed by atoms with E-state index in [2.05, 4.69) is 15.8 Å². The van der Waals surface area contributed by atoms with E-state index in [0.717, 1.165) is 27.0 Å². The summed E-state index contributed by atoms with van der Waals surface area (Å²) in [5.41, 5.74) is 3.99. The lowest BCUT2D eigenvalue weighted by molar-refractivity contribution is 0.600. The summed E-state index contributed by atoms with van der Waals surface area (Å²) >= 11 is 1.60. The third-order valence-corrected chi connectivity index (χ3v) is 8.11. The molecule has 3 aromatic carbocycles. The van der Waals surface area contributed by atoms with E-state index in [0.29, 0.717) is 11.3 Å². The number of nitrogens with zero attached hydrogens (tertiary/aromatic N) is 1. The second-order valence-electron chi connectivity index (χ2n) is 7.34. The number of sulfonamides is 1. The summed E-state index contributed by atoms with van der Waals surface area (Å²) in [5, 5.41) is 0.876. The Balaban J connectivity index is 1.48. The molecule has 0 unspecified atom stereocenters. The number of aryl methyl sites for hydroxylation is 1. The van der Waals surface area contributed by atoms with Gasteiger partial charge in [0.15, 0.2) is 9.84 Å². The number of anilines is 1. The Hall–Kier alpha value is -2.75. The molecule has 31 heavy (non-hydrogen) atoms. The number of benzene rings is 3. The SMILES string of the molecule is Cc1ccc2nc(-c3ccc(NS(=O)(=O)Cc4ccc(S(C)(=O)=O)cc4)cc3)sc2c1. The lowest BCUT2D eigenvalue weighted by atomic mass is 10.2. The zero-order chi connectivity index (χ0) is 22.2. The van der Waals surface area contributed by atoms with Gasteiger partial charge >= 0.3 is 0 Å². The van der Waals surface area contributed by atoms with Crippen LogP contribution in [0.2, 0.25) is 0 Å². The molecule has 0 spiro atoms. The summed E-state index contributed by atoms with van der Waals surface area (Å²) in [4.78, 5) is 4.80.